The van der Waals surface area contributed by atoms with Crippen molar-refractivity contribution in [1.82, 2.24) is 15.1 Å². The molecule has 2 amide bonds. The fraction of sp³-hybridized carbons (Fsp3) is 0.636. The van der Waals surface area contributed by atoms with Gasteiger partial charge in [0.1, 0.15) is 5.75 Å². The quantitative estimate of drug-likeness (QED) is 0.865. The number of amides is 2. The zero-order valence-electron chi connectivity index (χ0n) is 16.9. The molecular formula is C22H31N3O3. The summed E-state index contributed by atoms with van der Waals surface area (Å²) < 4.78 is 5.26. The number of ether oxygens (including phenoxy) is 1. The highest BCUT2D eigenvalue weighted by Crippen LogP contribution is 2.38. The molecular weight excluding hydrogens is 354 g/mol. The number of hydrogen-bond acceptors (Lipinski definition) is 4. The number of carbonyl (C=O) groups excluding carboxylic acids is 2. The summed E-state index contributed by atoms with van der Waals surface area (Å²) in [7, 11) is 3.47. The molecule has 1 aromatic rings. The number of nitrogens with one attached hydrogen (secondary N) is 1. The minimum Gasteiger partial charge on any atom is -0.497 e. The first-order chi connectivity index (χ1) is 13.6. The van der Waals surface area contributed by atoms with E-state index >= 15 is 0 Å². The van der Waals surface area contributed by atoms with E-state index in [1.165, 1.54) is 0 Å². The van der Waals surface area contributed by atoms with Gasteiger partial charge < -0.3 is 19.9 Å². The molecule has 4 rings (SSSR count). The maximum absolute atomic E-state index is 13.5. The third-order valence-electron chi connectivity index (χ3n) is 6.97. The van der Waals surface area contributed by atoms with E-state index in [1.54, 1.807) is 12.0 Å². The number of fused-ring (bicyclic) bond motifs is 1. The van der Waals surface area contributed by atoms with Gasteiger partial charge in [-0.15, -0.1) is 0 Å². The molecule has 3 aliphatic rings. The summed E-state index contributed by atoms with van der Waals surface area (Å²) >= 11 is 0. The molecule has 3 saturated heterocycles. The minimum absolute atomic E-state index is 0.112. The van der Waals surface area contributed by atoms with Crippen LogP contribution in [-0.2, 0) is 9.59 Å². The van der Waals surface area contributed by atoms with Gasteiger partial charge in [0.25, 0.3) is 0 Å². The Balaban J connectivity index is 1.54. The average Bonchev–Trinajstić information content (AvgIpc) is 3.08. The minimum atomic E-state index is -0.205. The van der Waals surface area contributed by atoms with Crippen molar-refractivity contribution in [2.24, 2.45) is 17.8 Å². The summed E-state index contributed by atoms with van der Waals surface area (Å²) in [5.41, 5.74) is 1.01. The first kappa shape index (κ1) is 19.2. The summed E-state index contributed by atoms with van der Waals surface area (Å²) in [4.78, 5) is 29.8. The van der Waals surface area contributed by atoms with Crippen LogP contribution < -0.4 is 10.1 Å². The highest BCUT2D eigenvalue weighted by atomic mass is 16.5. The van der Waals surface area contributed by atoms with E-state index in [2.05, 4.69) is 10.2 Å². The molecule has 0 spiro atoms. The molecule has 6 heteroatoms. The molecule has 152 valence electrons. The Kier molecular flexibility index (Phi) is 5.58. The molecule has 3 fully saturated rings. The maximum atomic E-state index is 13.5. The lowest BCUT2D eigenvalue weighted by Gasteiger charge is -2.40. The van der Waals surface area contributed by atoms with Crippen LogP contribution in [0.4, 0.5) is 0 Å². The third kappa shape index (κ3) is 3.62. The van der Waals surface area contributed by atoms with Crippen molar-refractivity contribution in [1.29, 1.82) is 0 Å². The second-order valence-corrected chi connectivity index (χ2v) is 8.45. The van der Waals surface area contributed by atoms with Crippen molar-refractivity contribution in [3.63, 3.8) is 0 Å². The van der Waals surface area contributed by atoms with E-state index in [0.717, 1.165) is 50.3 Å². The van der Waals surface area contributed by atoms with Crippen molar-refractivity contribution in [2.45, 2.75) is 31.7 Å². The molecule has 1 N–H and O–H groups in total. The maximum Gasteiger partial charge on any atom is 0.228 e. The van der Waals surface area contributed by atoms with Crippen LogP contribution in [0, 0.1) is 17.8 Å². The average molecular weight is 386 g/mol. The number of benzene rings is 1. The largest absolute Gasteiger partial charge is 0.497 e. The molecule has 1 aromatic carbocycles. The van der Waals surface area contributed by atoms with Gasteiger partial charge in [-0.3, -0.25) is 9.59 Å². The first-order valence-electron chi connectivity index (χ1n) is 10.5. The van der Waals surface area contributed by atoms with Gasteiger partial charge in [0.05, 0.1) is 19.1 Å². The molecule has 2 unspecified atom stereocenters. The summed E-state index contributed by atoms with van der Waals surface area (Å²) in [6, 6.07) is 7.58. The third-order valence-corrected chi connectivity index (χ3v) is 6.97. The van der Waals surface area contributed by atoms with Crippen LogP contribution in [0.5, 0.6) is 5.75 Å². The molecule has 4 atom stereocenters. The van der Waals surface area contributed by atoms with Crippen LogP contribution in [0.2, 0.25) is 0 Å². The van der Waals surface area contributed by atoms with Crippen LogP contribution in [0.3, 0.4) is 0 Å². The summed E-state index contributed by atoms with van der Waals surface area (Å²) in [6.45, 7) is 3.85. The van der Waals surface area contributed by atoms with Gasteiger partial charge in [-0.05, 0) is 61.9 Å². The molecule has 0 bridgehead atoms. The number of nitrogens with zero attached hydrogens (tertiary/aromatic N) is 2. The summed E-state index contributed by atoms with van der Waals surface area (Å²) in [6.07, 6.45) is 3.24. The van der Waals surface area contributed by atoms with Crippen molar-refractivity contribution in [2.75, 3.05) is 40.3 Å². The van der Waals surface area contributed by atoms with Crippen LogP contribution in [-0.4, -0.2) is 62.0 Å². The first-order valence-corrected chi connectivity index (χ1v) is 10.5. The van der Waals surface area contributed by atoms with E-state index in [9.17, 15) is 9.59 Å². The molecule has 0 saturated carbocycles. The lowest BCUT2D eigenvalue weighted by molar-refractivity contribution is -0.146. The molecule has 3 aliphatic heterocycles. The van der Waals surface area contributed by atoms with E-state index in [4.69, 9.17) is 4.74 Å². The van der Waals surface area contributed by atoms with Crippen LogP contribution in [0.15, 0.2) is 24.3 Å². The van der Waals surface area contributed by atoms with Gasteiger partial charge in [-0.1, -0.05) is 12.1 Å². The Bertz CT molecular complexity index is 706. The number of carbonyl (C=O) groups is 2. The molecule has 0 aliphatic carbocycles. The number of rotatable bonds is 3. The van der Waals surface area contributed by atoms with E-state index in [0.29, 0.717) is 24.7 Å². The van der Waals surface area contributed by atoms with Crippen molar-refractivity contribution in [3.8, 4) is 5.75 Å². The monoisotopic (exact) mass is 385 g/mol. The topological polar surface area (TPSA) is 61.9 Å². The summed E-state index contributed by atoms with van der Waals surface area (Å²) in [5.74, 6) is 2.34. The molecule has 0 radical (unpaired) electrons. The Morgan fingerprint density at radius 3 is 2.32 bits per heavy atom. The van der Waals surface area contributed by atoms with Gasteiger partial charge in [0.2, 0.25) is 11.8 Å². The van der Waals surface area contributed by atoms with Crippen molar-refractivity contribution >= 4 is 11.8 Å². The smallest absolute Gasteiger partial charge is 0.228 e. The predicted molar refractivity (Wildman–Crippen MR) is 107 cm³/mol. The van der Waals surface area contributed by atoms with E-state index in [-0.39, 0.29) is 23.8 Å². The number of hydrogen-bond donors (Lipinski definition) is 1. The zero-order chi connectivity index (χ0) is 19.7. The van der Waals surface area contributed by atoms with E-state index < -0.39 is 0 Å². The van der Waals surface area contributed by atoms with Crippen LogP contribution in [0.25, 0.3) is 0 Å². The van der Waals surface area contributed by atoms with Gasteiger partial charge in [0, 0.05) is 26.6 Å². The van der Waals surface area contributed by atoms with Gasteiger partial charge in [0.15, 0.2) is 0 Å². The summed E-state index contributed by atoms with van der Waals surface area (Å²) in [5, 5.41) is 3.49. The SMILES string of the molecule is COc1ccc(C2C(C(=O)N3CC[C@@H]4CNC[C@@H]4CC3)CCC(=O)N2C)cc1. The fourth-order valence-corrected chi connectivity index (χ4v) is 5.23. The highest BCUT2D eigenvalue weighted by Gasteiger charge is 2.41. The number of piperidine rings is 1. The van der Waals surface area contributed by atoms with E-state index in [1.807, 2.05) is 31.3 Å². The second kappa shape index (κ2) is 8.11. The Morgan fingerprint density at radius 2 is 1.71 bits per heavy atom. The second-order valence-electron chi connectivity index (χ2n) is 8.45. The van der Waals surface area contributed by atoms with Gasteiger partial charge in [-0.2, -0.15) is 0 Å². The normalized spacial score (nSPS) is 30.7. The van der Waals surface area contributed by atoms with Crippen molar-refractivity contribution < 1.29 is 14.3 Å². The van der Waals surface area contributed by atoms with Crippen LogP contribution >= 0.6 is 0 Å². The van der Waals surface area contributed by atoms with Gasteiger partial charge >= 0.3 is 0 Å². The molecule has 0 aromatic heterocycles. The Morgan fingerprint density at radius 1 is 1.07 bits per heavy atom. The van der Waals surface area contributed by atoms with Gasteiger partial charge in [-0.25, -0.2) is 0 Å². The standard InChI is InChI=1S/C22H31N3O3/c1-24-20(26)8-7-19(21(24)15-3-5-18(28-2)6-4-15)22(27)25-11-9-16-13-23-14-17(16)10-12-25/h3-6,16-17,19,21,23H,7-14H2,1-2H3/t16-,17+,19?,21?. The lowest BCUT2D eigenvalue weighted by atomic mass is 9.83. The molecule has 3 heterocycles. The van der Waals surface area contributed by atoms with Crippen molar-refractivity contribution in [3.05, 3.63) is 29.8 Å². The predicted octanol–water partition coefficient (Wildman–Crippen LogP) is 2.06. The number of methoxy groups -OCH3 is 1. The molecule has 28 heavy (non-hydrogen) atoms. The fourth-order valence-electron chi connectivity index (χ4n) is 5.23. The highest BCUT2D eigenvalue weighted by molar-refractivity contribution is 5.85. The molecule has 6 nitrogen and oxygen atoms in total. The van der Waals surface area contributed by atoms with Crippen LogP contribution in [0.1, 0.15) is 37.3 Å². The number of likely N-dealkylation sites (tertiary alicyclic amines) is 2. The Labute approximate surface area is 167 Å². The Hall–Kier alpha value is -2.08. The zero-order valence-corrected chi connectivity index (χ0v) is 16.9. The lowest BCUT2D eigenvalue weighted by Crippen LogP contribution is -2.48.